The molecule has 0 aliphatic carbocycles. The molecule has 3 rings (SSSR count). The largest absolute Gasteiger partial charge is 0.392 e. The Morgan fingerprint density at radius 1 is 0.917 bits per heavy atom. The molecule has 0 atom stereocenters. The summed E-state index contributed by atoms with van der Waals surface area (Å²) in [5, 5.41) is 10.7. The number of rotatable bonds is 2. The van der Waals surface area contributed by atoms with E-state index in [-0.39, 0.29) is 0 Å². The molecule has 122 valence electrons. The lowest BCUT2D eigenvalue weighted by molar-refractivity contribution is 1.24. The molecule has 0 unspecified atom stereocenters. The Hall–Kier alpha value is -1.24. The molecule has 1 aromatic heterocycles. The minimum Gasteiger partial charge on any atom is -0.392 e. The SMILES string of the molecule is NC1=C(Cl)C(c2ccncc2)=NN=C(c2c(Cl)cc(Cl)cc2Cl)S1. The maximum atomic E-state index is 6.35. The summed E-state index contributed by atoms with van der Waals surface area (Å²) in [6, 6.07) is 6.68. The lowest BCUT2D eigenvalue weighted by atomic mass is 10.1. The molecule has 24 heavy (non-hydrogen) atoms. The Morgan fingerprint density at radius 2 is 1.54 bits per heavy atom. The molecule has 9 heteroatoms. The summed E-state index contributed by atoms with van der Waals surface area (Å²) in [7, 11) is 0. The second-order valence-electron chi connectivity index (χ2n) is 4.61. The molecular weight excluding hydrogens is 410 g/mol. The van der Waals surface area contributed by atoms with Crippen molar-refractivity contribution in [3.8, 4) is 0 Å². The van der Waals surface area contributed by atoms with Gasteiger partial charge in [0, 0.05) is 28.5 Å². The van der Waals surface area contributed by atoms with Crippen LogP contribution in [0.4, 0.5) is 0 Å². The van der Waals surface area contributed by atoms with Gasteiger partial charge in [-0.3, -0.25) is 4.98 Å². The van der Waals surface area contributed by atoms with Gasteiger partial charge in [0.1, 0.15) is 10.8 Å². The zero-order valence-electron chi connectivity index (χ0n) is 11.8. The summed E-state index contributed by atoms with van der Waals surface area (Å²) in [5.41, 5.74) is 7.78. The first-order valence-electron chi connectivity index (χ1n) is 6.52. The Kier molecular flexibility index (Phi) is 5.37. The molecule has 2 heterocycles. The third-order valence-corrected chi connectivity index (χ3v) is 5.26. The Bertz CT molecular complexity index is 871. The molecule has 0 bridgehead atoms. The molecule has 0 saturated carbocycles. The van der Waals surface area contributed by atoms with E-state index in [2.05, 4.69) is 15.2 Å². The molecule has 1 aliphatic rings. The van der Waals surface area contributed by atoms with E-state index in [1.807, 2.05) is 0 Å². The lowest BCUT2D eigenvalue weighted by Gasteiger charge is -2.09. The average molecular weight is 418 g/mol. The van der Waals surface area contributed by atoms with Crippen molar-refractivity contribution in [1.29, 1.82) is 0 Å². The van der Waals surface area contributed by atoms with Crippen LogP contribution in [0, 0.1) is 0 Å². The first kappa shape index (κ1) is 17.6. The molecule has 0 fully saturated rings. The maximum Gasteiger partial charge on any atom is 0.135 e. The van der Waals surface area contributed by atoms with Crippen LogP contribution in [0.2, 0.25) is 15.1 Å². The van der Waals surface area contributed by atoms with Crippen molar-refractivity contribution in [3.63, 3.8) is 0 Å². The van der Waals surface area contributed by atoms with Gasteiger partial charge in [-0.2, -0.15) is 0 Å². The van der Waals surface area contributed by atoms with Gasteiger partial charge < -0.3 is 5.73 Å². The van der Waals surface area contributed by atoms with E-state index in [1.54, 1.807) is 36.7 Å². The van der Waals surface area contributed by atoms with Gasteiger partial charge in [0.05, 0.1) is 20.1 Å². The van der Waals surface area contributed by atoms with Crippen LogP contribution in [0.25, 0.3) is 0 Å². The van der Waals surface area contributed by atoms with Gasteiger partial charge in [-0.15, -0.1) is 10.2 Å². The second-order valence-corrected chi connectivity index (χ2v) is 7.27. The van der Waals surface area contributed by atoms with Crippen molar-refractivity contribution in [2.75, 3.05) is 0 Å². The summed E-state index contributed by atoms with van der Waals surface area (Å²) < 4.78 is 0. The van der Waals surface area contributed by atoms with Crippen molar-refractivity contribution in [1.82, 2.24) is 4.98 Å². The van der Waals surface area contributed by atoms with Crippen LogP contribution in [-0.2, 0) is 0 Å². The number of benzene rings is 1. The van der Waals surface area contributed by atoms with Crippen LogP contribution in [0.5, 0.6) is 0 Å². The molecule has 1 aromatic carbocycles. The van der Waals surface area contributed by atoms with Crippen molar-refractivity contribution in [3.05, 3.63) is 72.9 Å². The van der Waals surface area contributed by atoms with Gasteiger partial charge in [0.25, 0.3) is 0 Å². The quantitative estimate of drug-likeness (QED) is 0.720. The highest BCUT2D eigenvalue weighted by atomic mass is 35.5. The molecular formula is C15H8Cl4N4S. The zero-order chi connectivity index (χ0) is 17.3. The number of nitrogens with zero attached hydrogens (tertiary/aromatic N) is 3. The van der Waals surface area contributed by atoms with Gasteiger partial charge in [0.2, 0.25) is 0 Å². The fraction of sp³-hybridized carbons (Fsp3) is 0. The topological polar surface area (TPSA) is 63.6 Å². The monoisotopic (exact) mass is 416 g/mol. The molecule has 2 N–H and O–H groups in total. The lowest BCUT2D eigenvalue weighted by Crippen LogP contribution is -2.07. The summed E-state index contributed by atoms with van der Waals surface area (Å²) in [4.78, 5) is 3.97. The van der Waals surface area contributed by atoms with Gasteiger partial charge in [-0.05, 0) is 36.0 Å². The Balaban J connectivity index is 2.14. The predicted molar refractivity (Wildman–Crippen MR) is 103 cm³/mol. The molecule has 0 radical (unpaired) electrons. The van der Waals surface area contributed by atoms with Crippen molar-refractivity contribution < 1.29 is 0 Å². The summed E-state index contributed by atoms with van der Waals surface area (Å²) in [6.07, 6.45) is 3.27. The normalized spacial score (nSPS) is 15.0. The average Bonchev–Trinajstić information content (AvgIpc) is 2.67. The van der Waals surface area contributed by atoms with Gasteiger partial charge in [-0.25, -0.2) is 0 Å². The van der Waals surface area contributed by atoms with E-state index in [9.17, 15) is 0 Å². The highest BCUT2D eigenvalue weighted by molar-refractivity contribution is 8.17. The van der Waals surface area contributed by atoms with E-state index in [4.69, 9.17) is 52.1 Å². The number of hydrogen-bond acceptors (Lipinski definition) is 5. The van der Waals surface area contributed by atoms with Crippen LogP contribution >= 0.6 is 58.2 Å². The Morgan fingerprint density at radius 3 is 2.17 bits per heavy atom. The molecule has 1 aliphatic heterocycles. The van der Waals surface area contributed by atoms with E-state index in [0.717, 1.165) is 17.3 Å². The number of pyridine rings is 1. The molecule has 0 amide bonds. The third kappa shape index (κ3) is 3.55. The number of halogens is 4. The molecule has 0 spiro atoms. The maximum absolute atomic E-state index is 6.35. The van der Waals surface area contributed by atoms with Crippen molar-refractivity contribution in [2.24, 2.45) is 15.9 Å². The predicted octanol–water partition coefficient (Wildman–Crippen LogP) is 5.31. The van der Waals surface area contributed by atoms with Crippen LogP contribution in [0.15, 0.2) is 56.9 Å². The van der Waals surface area contributed by atoms with Gasteiger partial charge >= 0.3 is 0 Å². The van der Waals surface area contributed by atoms with Crippen molar-refractivity contribution in [2.45, 2.75) is 0 Å². The Labute approximate surface area is 162 Å². The highest BCUT2D eigenvalue weighted by Crippen LogP contribution is 2.36. The standard InChI is InChI=1S/C15H8Cl4N4S/c16-8-5-9(17)11(10(18)6-8)15-23-22-13(12(19)14(20)24-15)7-1-3-21-4-2-7/h1-6H,20H2. The van der Waals surface area contributed by atoms with E-state index in [0.29, 0.717) is 41.4 Å². The summed E-state index contributed by atoms with van der Waals surface area (Å²) in [6.45, 7) is 0. The minimum atomic E-state index is 0.297. The van der Waals surface area contributed by atoms with E-state index in [1.165, 1.54) is 0 Å². The number of allylic oxidation sites excluding steroid dienone is 1. The van der Waals surface area contributed by atoms with Crippen LogP contribution in [0.3, 0.4) is 0 Å². The minimum absolute atomic E-state index is 0.297. The fourth-order valence-electron chi connectivity index (χ4n) is 1.97. The summed E-state index contributed by atoms with van der Waals surface area (Å²) >= 11 is 25.9. The van der Waals surface area contributed by atoms with Crippen LogP contribution in [-0.4, -0.2) is 15.7 Å². The second kappa shape index (κ2) is 7.33. The van der Waals surface area contributed by atoms with Crippen LogP contribution in [0.1, 0.15) is 11.1 Å². The third-order valence-electron chi connectivity index (χ3n) is 3.05. The number of aromatic nitrogens is 1. The van der Waals surface area contributed by atoms with E-state index >= 15 is 0 Å². The summed E-state index contributed by atoms with van der Waals surface area (Å²) in [5.74, 6) is 0. The van der Waals surface area contributed by atoms with Gasteiger partial charge in [-0.1, -0.05) is 46.4 Å². The highest BCUT2D eigenvalue weighted by Gasteiger charge is 2.22. The smallest absolute Gasteiger partial charge is 0.135 e. The molecule has 4 nitrogen and oxygen atoms in total. The number of hydrogen-bond donors (Lipinski definition) is 1. The van der Waals surface area contributed by atoms with E-state index < -0.39 is 0 Å². The van der Waals surface area contributed by atoms with Gasteiger partial charge in [0.15, 0.2) is 0 Å². The fourth-order valence-corrected chi connectivity index (χ4v) is 4.14. The van der Waals surface area contributed by atoms with Crippen molar-refractivity contribution >= 4 is 68.9 Å². The van der Waals surface area contributed by atoms with Crippen LogP contribution < -0.4 is 5.73 Å². The molecule has 2 aromatic rings. The zero-order valence-corrected chi connectivity index (χ0v) is 15.6. The first-order chi connectivity index (χ1) is 11.5. The number of thioether (sulfide) groups is 1. The number of nitrogens with two attached hydrogens (primary N) is 1. The molecule has 0 saturated heterocycles. The first-order valence-corrected chi connectivity index (χ1v) is 8.84.